The Balaban J connectivity index is 1.88. The monoisotopic (exact) mass is 434 g/mol. The summed E-state index contributed by atoms with van der Waals surface area (Å²) in [6.45, 7) is 0. The number of carbonyl (C=O) groups is 2. The van der Waals surface area contributed by atoms with Gasteiger partial charge in [-0.25, -0.2) is 12.8 Å². The van der Waals surface area contributed by atoms with Gasteiger partial charge in [-0.1, -0.05) is 23.4 Å². The van der Waals surface area contributed by atoms with Crippen LogP contribution in [0.5, 0.6) is 0 Å². The average molecular weight is 435 g/mol. The molecule has 0 aliphatic carbocycles. The first kappa shape index (κ1) is 20.1. The predicted molar refractivity (Wildman–Crippen MR) is 102 cm³/mol. The molecule has 146 valence electrons. The zero-order valence-electron chi connectivity index (χ0n) is 14.0. The fraction of sp³-hybridized carbons (Fsp3) is 0.438. The Hall–Kier alpha value is -1.65. The number of halogens is 2. The summed E-state index contributed by atoms with van der Waals surface area (Å²) < 4.78 is 37.5. The fourth-order valence-corrected chi connectivity index (χ4v) is 7.16. The number of nitrogens with zero attached hydrogens (tertiary/aromatic N) is 2. The number of amides is 1. The van der Waals surface area contributed by atoms with Crippen LogP contribution in [-0.4, -0.2) is 53.4 Å². The van der Waals surface area contributed by atoms with Gasteiger partial charge < -0.3 is 10.0 Å². The van der Waals surface area contributed by atoms with Gasteiger partial charge in [0, 0.05) is 23.8 Å². The van der Waals surface area contributed by atoms with Gasteiger partial charge >= 0.3 is 5.97 Å². The van der Waals surface area contributed by atoms with E-state index in [0.717, 1.165) is 0 Å². The molecule has 0 spiro atoms. The Morgan fingerprint density at radius 2 is 2.07 bits per heavy atom. The van der Waals surface area contributed by atoms with Crippen molar-refractivity contribution in [1.29, 1.82) is 0 Å². The molecule has 27 heavy (non-hydrogen) atoms. The highest BCUT2D eigenvalue weighted by atomic mass is 35.5. The molecule has 1 N–H and O–H groups in total. The molecular formula is C16H16ClFN2O5S2. The quantitative estimate of drug-likeness (QED) is 0.758. The molecule has 7 nitrogen and oxygen atoms in total. The number of carboxylic acids is 1. The second kappa shape index (κ2) is 7.76. The highest BCUT2D eigenvalue weighted by Gasteiger charge is 2.49. The van der Waals surface area contributed by atoms with Crippen molar-refractivity contribution >= 4 is 55.9 Å². The SMILES string of the molecule is O=C(O)CCCC(=O)N=C1SC2CS(=O)(=O)CC2N1c1ccc(F)c(Cl)c1. The molecule has 1 aromatic rings. The van der Waals surface area contributed by atoms with Crippen LogP contribution in [0.4, 0.5) is 10.1 Å². The van der Waals surface area contributed by atoms with Crippen molar-refractivity contribution in [2.75, 3.05) is 16.4 Å². The normalized spacial score (nSPS) is 25.0. The van der Waals surface area contributed by atoms with E-state index in [9.17, 15) is 22.4 Å². The van der Waals surface area contributed by atoms with Crippen molar-refractivity contribution in [2.24, 2.45) is 4.99 Å². The van der Waals surface area contributed by atoms with Crippen LogP contribution in [0.2, 0.25) is 5.02 Å². The molecule has 0 radical (unpaired) electrons. The summed E-state index contributed by atoms with van der Waals surface area (Å²) in [4.78, 5) is 28.3. The molecule has 2 aliphatic rings. The van der Waals surface area contributed by atoms with E-state index in [0.29, 0.717) is 10.9 Å². The second-order valence-corrected chi connectivity index (χ2v) is 10.1. The largest absolute Gasteiger partial charge is 0.481 e. The summed E-state index contributed by atoms with van der Waals surface area (Å²) in [6.07, 6.45) is 0.00570. The Morgan fingerprint density at radius 1 is 1.33 bits per heavy atom. The first-order chi connectivity index (χ1) is 12.7. The third-order valence-electron chi connectivity index (χ3n) is 4.25. The van der Waals surface area contributed by atoms with Crippen LogP contribution < -0.4 is 4.90 Å². The molecule has 2 unspecified atom stereocenters. The fourth-order valence-electron chi connectivity index (χ4n) is 3.05. The van der Waals surface area contributed by atoms with Gasteiger partial charge in [0.15, 0.2) is 15.0 Å². The standard InChI is InChI=1S/C16H16ClFN2O5S2/c17-10-6-9(4-5-11(10)18)20-12-7-27(24,25)8-13(12)26-16(20)19-14(21)2-1-3-15(22)23/h4-6,12-13H,1-3,7-8H2,(H,22,23). The lowest BCUT2D eigenvalue weighted by Crippen LogP contribution is -2.37. The molecule has 0 saturated carbocycles. The van der Waals surface area contributed by atoms with E-state index < -0.39 is 33.6 Å². The Morgan fingerprint density at radius 3 is 2.74 bits per heavy atom. The lowest BCUT2D eigenvalue weighted by Gasteiger charge is -2.24. The van der Waals surface area contributed by atoms with Gasteiger partial charge in [0.1, 0.15) is 5.82 Å². The minimum atomic E-state index is -3.22. The Bertz CT molecular complexity index is 921. The van der Waals surface area contributed by atoms with Gasteiger partial charge in [-0.15, -0.1) is 0 Å². The highest BCUT2D eigenvalue weighted by Crippen LogP contribution is 2.41. The number of amidine groups is 1. The highest BCUT2D eigenvalue weighted by molar-refractivity contribution is 8.16. The number of sulfone groups is 1. The van der Waals surface area contributed by atoms with E-state index in [-0.39, 0.29) is 41.0 Å². The number of thioether (sulfide) groups is 1. The average Bonchev–Trinajstić information content (AvgIpc) is 3.00. The zero-order chi connectivity index (χ0) is 19.8. The number of aliphatic imine (C=N–C) groups is 1. The van der Waals surface area contributed by atoms with E-state index >= 15 is 0 Å². The smallest absolute Gasteiger partial charge is 0.303 e. The molecule has 2 heterocycles. The lowest BCUT2D eigenvalue weighted by atomic mass is 10.2. The summed E-state index contributed by atoms with van der Waals surface area (Å²) in [5, 5.41) is 8.57. The number of aliphatic carboxylic acids is 1. The third-order valence-corrected chi connectivity index (χ3v) is 7.75. The molecule has 2 fully saturated rings. The zero-order valence-corrected chi connectivity index (χ0v) is 16.4. The maximum atomic E-state index is 13.5. The number of rotatable bonds is 5. The lowest BCUT2D eigenvalue weighted by molar-refractivity contribution is -0.137. The van der Waals surface area contributed by atoms with E-state index in [1.165, 1.54) is 30.0 Å². The summed E-state index contributed by atoms with van der Waals surface area (Å²) in [5.41, 5.74) is 0.454. The topological polar surface area (TPSA) is 104 Å². The van der Waals surface area contributed by atoms with Crippen molar-refractivity contribution in [3.63, 3.8) is 0 Å². The van der Waals surface area contributed by atoms with Crippen LogP contribution in [0.15, 0.2) is 23.2 Å². The van der Waals surface area contributed by atoms with Crippen LogP contribution >= 0.6 is 23.4 Å². The summed E-state index contributed by atoms with van der Waals surface area (Å²) >= 11 is 7.04. The number of anilines is 1. The van der Waals surface area contributed by atoms with Crippen molar-refractivity contribution < 1.29 is 27.5 Å². The van der Waals surface area contributed by atoms with E-state index in [2.05, 4.69) is 4.99 Å². The number of hydrogen-bond donors (Lipinski definition) is 1. The van der Waals surface area contributed by atoms with Gasteiger partial charge in [-0.2, -0.15) is 4.99 Å². The first-order valence-electron chi connectivity index (χ1n) is 8.11. The molecule has 0 bridgehead atoms. The van der Waals surface area contributed by atoms with Gasteiger partial charge in [0.25, 0.3) is 0 Å². The van der Waals surface area contributed by atoms with Gasteiger partial charge in [0.05, 0.1) is 22.6 Å². The van der Waals surface area contributed by atoms with E-state index in [1.54, 1.807) is 4.90 Å². The Labute approximate surface area is 164 Å². The number of benzene rings is 1. The van der Waals surface area contributed by atoms with E-state index in [4.69, 9.17) is 16.7 Å². The van der Waals surface area contributed by atoms with Crippen molar-refractivity contribution in [3.05, 3.63) is 29.0 Å². The molecule has 2 saturated heterocycles. The molecule has 3 rings (SSSR count). The maximum Gasteiger partial charge on any atom is 0.303 e. The minimum Gasteiger partial charge on any atom is -0.481 e. The molecule has 2 aliphatic heterocycles. The molecule has 1 aromatic carbocycles. The van der Waals surface area contributed by atoms with Crippen LogP contribution in [-0.2, 0) is 19.4 Å². The van der Waals surface area contributed by atoms with Gasteiger partial charge in [-0.3, -0.25) is 9.59 Å². The van der Waals surface area contributed by atoms with Gasteiger partial charge in [-0.05, 0) is 24.6 Å². The first-order valence-corrected chi connectivity index (χ1v) is 11.2. The third kappa shape index (κ3) is 4.61. The molecule has 1 amide bonds. The van der Waals surface area contributed by atoms with Crippen LogP contribution in [0, 0.1) is 5.82 Å². The number of hydrogen-bond acceptors (Lipinski definition) is 5. The molecule has 2 atom stereocenters. The van der Waals surface area contributed by atoms with Crippen LogP contribution in [0.25, 0.3) is 0 Å². The van der Waals surface area contributed by atoms with Crippen molar-refractivity contribution in [1.82, 2.24) is 0 Å². The summed E-state index contributed by atoms with van der Waals surface area (Å²) in [5.74, 6) is -2.20. The summed E-state index contributed by atoms with van der Waals surface area (Å²) in [6, 6.07) is 3.58. The molecule has 0 aromatic heterocycles. The number of carbonyl (C=O) groups excluding carboxylic acids is 1. The molecule has 11 heteroatoms. The predicted octanol–water partition coefficient (Wildman–Crippen LogP) is 2.34. The van der Waals surface area contributed by atoms with Crippen molar-refractivity contribution in [3.8, 4) is 0 Å². The molecular weight excluding hydrogens is 419 g/mol. The summed E-state index contributed by atoms with van der Waals surface area (Å²) in [7, 11) is -3.22. The maximum absolute atomic E-state index is 13.5. The second-order valence-electron chi connectivity index (χ2n) is 6.30. The van der Waals surface area contributed by atoms with Gasteiger partial charge in [0.2, 0.25) is 5.91 Å². The minimum absolute atomic E-state index is 0.0258. The van der Waals surface area contributed by atoms with Crippen LogP contribution in [0.3, 0.4) is 0 Å². The number of carboxylic acid groups (broad SMARTS) is 1. The van der Waals surface area contributed by atoms with Crippen LogP contribution in [0.1, 0.15) is 19.3 Å². The number of fused-ring (bicyclic) bond motifs is 1. The van der Waals surface area contributed by atoms with E-state index in [1.807, 2.05) is 0 Å². The Kier molecular flexibility index (Phi) is 5.78. The van der Waals surface area contributed by atoms with Crippen molar-refractivity contribution in [2.45, 2.75) is 30.6 Å².